The topological polar surface area (TPSA) is 84.2 Å². The summed E-state index contributed by atoms with van der Waals surface area (Å²) in [6.07, 6.45) is 12.0. The Morgan fingerprint density at radius 3 is 2.86 bits per heavy atom. The fraction of sp³-hybridized carbons (Fsp3) is 0.238. The molecule has 4 rings (SSSR count). The lowest BCUT2D eigenvalue weighted by Gasteiger charge is -2.31. The predicted molar refractivity (Wildman–Crippen MR) is 106 cm³/mol. The predicted octanol–water partition coefficient (Wildman–Crippen LogP) is 3.63. The van der Waals surface area contributed by atoms with Crippen LogP contribution in [0.1, 0.15) is 30.2 Å². The van der Waals surface area contributed by atoms with E-state index in [1.165, 1.54) is 0 Å². The lowest BCUT2D eigenvalue weighted by atomic mass is 9.95. The number of piperidine rings is 1. The van der Waals surface area contributed by atoms with Crippen LogP contribution >= 0.6 is 0 Å². The number of anilines is 2. The highest BCUT2D eigenvalue weighted by molar-refractivity contribution is 5.91. The van der Waals surface area contributed by atoms with E-state index in [4.69, 9.17) is 4.42 Å². The number of hydrogen-bond acceptors (Lipinski definition) is 6. The number of carbonyl (C=O) groups is 1. The summed E-state index contributed by atoms with van der Waals surface area (Å²) >= 11 is 0. The van der Waals surface area contributed by atoms with Crippen molar-refractivity contribution in [3.63, 3.8) is 0 Å². The maximum Gasteiger partial charge on any atom is 0.246 e. The van der Waals surface area contributed by atoms with Crippen LogP contribution in [-0.2, 0) is 4.79 Å². The molecule has 3 aromatic heterocycles. The molecule has 0 saturated carbocycles. The van der Waals surface area contributed by atoms with Crippen LogP contribution in [0.3, 0.4) is 0 Å². The van der Waals surface area contributed by atoms with Gasteiger partial charge in [-0.05, 0) is 43.2 Å². The van der Waals surface area contributed by atoms with Crippen LogP contribution < -0.4 is 5.32 Å². The van der Waals surface area contributed by atoms with E-state index in [-0.39, 0.29) is 11.8 Å². The fourth-order valence-electron chi connectivity index (χ4n) is 3.24. The SMILES string of the molecule is O=C(/C=C/c1ccco1)N1CCC[C@H](c2cnc(Nc3ccccn3)cn2)C1. The summed E-state index contributed by atoms with van der Waals surface area (Å²) in [5, 5.41) is 3.12. The van der Waals surface area contributed by atoms with E-state index >= 15 is 0 Å². The maximum absolute atomic E-state index is 12.5. The highest BCUT2D eigenvalue weighted by Gasteiger charge is 2.24. The summed E-state index contributed by atoms with van der Waals surface area (Å²) in [7, 11) is 0. The van der Waals surface area contributed by atoms with Gasteiger partial charge in [-0.1, -0.05) is 6.07 Å². The molecule has 3 aromatic rings. The molecule has 4 heterocycles. The van der Waals surface area contributed by atoms with Gasteiger partial charge in [-0.3, -0.25) is 9.78 Å². The van der Waals surface area contributed by atoms with Gasteiger partial charge in [0.25, 0.3) is 0 Å². The van der Waals surface area contributed by atoms with E-state index in [1.54, 1.807) is 43.1 Å². The average molecular weight is 375 g/mol. The zero-order valence-corrected chi connectivity index (χ0v) is 15.4. The molecule has 1 atom stereocenters. The van der Waals surface area contributed by atoms with Gasteiger partial charge in [-0.2, -0.15) is 0 Å². The van der Waals surface area contributed by atoms with E-state index in [1.807, 2.05) is 29.2 Å². The van der Waals surface area contributed by atoms with Crippen LogP contribution in [-0.4, -0.2) is 38.8 Å². The van der Waals surface area contributed by atoms with E-state index < -0.39 is 0 Å². The molecule has 7 nitrogen and oxygen atoms in total. The molecule has 1 aliphatic rings. The summed E-state index contributed by atoms with van der Waals surface area (Å²) in [4.78, 5) is 27.5. The second kappa shape index (κ2) is 8.47. The first kappa shape index (κ1) is 17.9. The summed E-state index contributed by atoms with van der Waals surface area (Å²) in [5.74, 6) is 2.22. The number of aromatic nitrogens is 3. The standard InChI is InChI=1S/C21H21N5O2/c27-21(9-8-17-6-4-12-28-17)26-11-3-5-16(15-26)18-13-24-20(14-23-18)25-19-7-1-2-10-22-19/h1-2,4,6-10,12-14,16H,3,5,11,15H2,(H,22,24,25)/b9-8+/t16-/m0/s1. The molecule has 1 saturated heterocycles. The average Bonchev–Trinajstić information content (AvgIpc) is 3.27. The monoisotopic (exact) mass is 375 g/mol. The minimum absolute atomic E-state index is 0.0116. The van der Waals surface area contributed by atoms with Gasteiger partial charge in [-0.15, -0.1) is 0 Å². The first-order valence-electron chi connectivity index (χ1n) is 9.28. The first-order chi connectivity index (χ1) is 13.8. The number of likely N-dealkylation sites (tertiary alicyclic amines) is 1. The molecule has 0 unspecified atom stereocenters. The number of pyridine rings is 1. The van der Waals surface area contributed by atoms with Gasteiger partial charge in [0.1, 0.15) is 17.4 Å². The van der Waals surface area contributed by atoms with Crippen molar-refractivity contribution in [3.8, 4) is 0 Å². The molecule has 1 aliphatic heterocycles. The van der Waals surface area contributed by atoms with Gasteiger partial charge in [0.15, 0.2) is 0 Å². The number of nitrogens with one attached hydrogen (secondary N) is 1. The molecular weight excluding hydrogens is 354 g/mol. The highest BCUT2D eigenvalue weighted by Crippen LogP contribution is 2.26. The van der Waals surface area contributed by atoms with E-state index in [0.29, 0.717) is 18.1 Å². The van der Waals surface area contributed by atoms with Crippen molar-refractivity contribution in [2.45, 2.75) is 18.8 Å². The summed E-state index contributed by atoms with van der Waals surface area (Å²) in [6, 6.07) is 9.26. The van der Waals surface area contributed by atoms with Crippen LogP contribution in [0.5, 0.6) is 0 Å². The number of nitrogens with zero attached hydrogens (tertiary/aromatic N) is 4. The number of carbonyl (C=O) groups excluding carboxylic acids is 1. The molecule has 28 heavy (non-hydrogen) atoms. The summed E-state index contributed by atoms with van der Waals surface area (Å²) in [5.41, 5.74) is 0.902. The Balaban J connectivity index is 1.38. The molecule has 0 aliphatic carbocycles. The number of furan rings is 1. The molecule has 0 aromatic carbocycles. The molecular formula is C21H21N5O2. The highest BCUT2D eigenvalue weighted by atomic mass is 16.3. The quantitative estimate of drug-likeness (QED) is 0.686. The lowest BCUT2D eigenvalue weighted by Crippen LogP contribution is -2.38. The van der Waals surface area contributed by atoms with Crippen molar-refractivity contribution in [1.82, 2.24) is 19.9 Å². The van der Waals surface area contributed by atoms with Gasteiger partial charge >= 0.3 is 0 Å². The third kappa shape index (κ3) is 4.43. The van der Waals surface area contributed by atoms with Crippen molar-refractivity contribution in [2.75, 3.05) is 18.4 Å². The Kier molecular flexibility index (Phi) is 5.42. The van der Waals surface area contributed by atoms with Gasteiger partial charge in [0, 0.05) is 31.3 Å². The van der Waals surface area contributed by atoms with Gasteiger partial charge in [-0.25, -0.2) is 9.97 Å². The van der Waals surface area contributed by atoms with Crippen LogP contribution in [0.25, 0.3) is 6.08 Å². The van der Waals surface area contributed by atoms with E-state index in [2.05, 4.69) is 20.3 Å². The second-order valence-corrected chi connectivity index (χ2v) is 6.64. The van der Waals surface area contributed by atoms with Crippen molar-refractivity contribution in [3.05, 3.63) is 72.7 Å². The van der Waals surface area contributed by atoms with Crippen LogP contribution in [0, 0.1) is 0 Å². The fourth-order valence-corrected chi connectivity index (χ4v) is 3.24. The van der Waals surface area contributed by atoms with Gasteiger partial charge in [0.2, 0.25) is 5.91 Å². The maximum atomic E-state index is 12.5. The first-order valence-corrected chi connectivity index (χ1v) is 9.28. The normalized spacial score (nSPS) is 17.0. The minimum atomic E-state index is -0.0116. The number of hydrogen-bond donors (Lipinski definition) is 1. The molecule has 1 fully saturated rings. The van der Waals surface area contributed by atoms with Crippen LogP contribution in [0.15, 0.2) is 65.7 Å². The lowest BCUT2D eigenvalue weighted by molar-refractivity contribution is -0.127. The van der Waals surface area contributed by atoms with Gasteiger partial charge in [0.05, 0.1) is 24.4 Å². The van der Waals surface area contributed by atoms with Crippen molar-refractivity contribution < 1.29 is 9.21 Å². The molecule has 1 N–H and O–H groups in total. The Morgan fingerprint density at radius 1 is 1.14 bits per heavy atom. The van der Waals surface area contributed by atoms with E-state index in [9.17, 15) is 4.79 Å². The van der Waals surface area contributed by atoms with E-state index in [0.717, 1.165) is 30.9 Å². The molecule has 142 valence electrons. The third-order valence-electron chi connectivity index (χ3n) is 4.68. The molecule has 0 bridgehead atoms. The van der Waals surface area contributed by atoms with Crippen molar-refractivity contribution in [1.29, 1.82) is 0 Å². The third-order valence-corrected chi connectivity index (χ3v) is 4.68. The molecule has 0 spiro atoms. The second-order valence-electron chi connectivity index (χ2n) is 6.64. The van der Waals surface area contributed by atoms with Crippen LogP contribution in [0.2, 0.25) is 0 Å². The molecule has 0 radical (unpaired) electrons. The number of amides is 1. The number of rotatable bonds is 5. The Labute approximate surface area is 163 Å². The summed E-state index contributed by atoms with van der Waals surface area (Å²) in [6.45, 7) is 1.40. The Bertz CT molecular complexity index is 923. The minimum Gasteiger partial charge on any atom is -0.465 e. The Hall–Kier alpha value is -3.48. The summed E-state index contributed by atoms with van der Waals surface area (Å²) < 4.78 is 5.23. The smallest absolute Gasteiger partial charge is 0.246 e. The van der Waals surface area contributed by atoms with Crippen molar-refractivity contribution >= 4 is 23.6 Å². The largest absolute Gasteiger partial charge is 0.465 e. The Morgan fingerprint density at radius 2 is 2.11 bits per heavy atom. The van der Waals surface area contributed by atoms with Crippen molar-refractivity contribution in [2.24, 2.45) is 0 Å². The molecule has 7 heteroatoms. The zero-order valence-electron chi connectivity index (χ0n) is 15.4. The van der Waals surface area contributed by atoms with Gasteiger partial charge < -0.3 is 14.6 Å². The van der Waals surface area contributed by atoms with Crippen LogP contribution in [0.4, 0.5) is 11.6 Å². The molecule has 1 amide bonds. The zero-order chi connectivity index (χ0) is 19.2.